The molecule has 1 aliphatic carbocycles. The largest absolute Gasteiger partial charge is 0.314 e. The Labute approximate surface area is 63.2 Å². The maximum atomic E-state index is 3.57. The van der Waals surface area contributed by atoms with E-state index in [1.165, 1.54) is 25.8 Å². The summed E-state index contributed by atoms with van der Waals surface area (Å²) in [7, 11) is 0. The van der Waals surface area contributed by atoms with E-state index in [1.807, 2.05) is 0 Å². The summed E-state index contributed by atoms with van der Waals surface area (Å²) in [6.45, 7) is 6.11. The molecule has 2 rings (SSSR count). The highest BCUT2D eigenvalue weighted by molar-refractivity contribution is 4.98. The molecule has 2 fully saturated rings. The van der Waals surface area contributed by atoms with E-state index in [9.17, 15) is 0 Å². The first kappa shape index (κ1) is 6.66. The molecular formula is C9H17N. The molecule has 0 aromatic carbocycles. The summed E-state index contributed by atoms with van der Waals surface area (Å²) < 4.78 is 0. The summed E-state index contributed by atoms with van der Waals surface area (Å²) in [6, 6.07) is 0.870. The Morgan fingerprint density at radius 3 is 2.80 bits per heavy atom. The Balaban J connectivity index is 2.16. The molecule has 1 saturated heterocycles. The van der Waals surface area contributed by atoms with Crippen LogP contribution in [0.25, 0.3) is 0 Å². The molecule has 0 bridgehead atoms. The van der Waals surface area contributed by atoms with E-state index in [1.54, 1.807) is 0 Å². The van der Waals surface area contributed by atoms with Crippen LogP contribution in [0, 0.1) is 11.3 Å². The van der Waals surface area contributed by atoms with Crippen molar-refractivity contribution >= 4 is 0 Å². The lowest BCUT2D eigenvalue weighted by Gasteiger charge is -2.25. The van der Waals surface area contributed by atoms with Crippen LogP contribution in [-0.2, 0) is 0 Å². The van der Waals surface area contributed by atoms with Gasteiger partial charge in [-0.3, -0.25) is 0 Å². The fourth-order valence-corrected chi connectivity index (χ4v) is 2.72. The molecular weight excluding hydrogens is 122 g/mol. The second kappa shape index (κ2) is 1.97. The first-order valence-corrected chi connectivity index (χ1v) is 4.43. The monoisotopic (exact) mass is 139 g/mol. The fraction of sp³-hybridized carbons (Fsp3) is 1.00. The summed E-state index contributed by atoms with van der Waals surface area (Å²) in [5.74, 6) is 0.979. The van der Waals surface area contributed by atoms with Gasteiger partial charge < -0.3 is 5.32 Å². The molecule has 1 heteroatoms. The van der Waals surface area contributed by atoms with Crippen LogP contribution < -0.4 is 5.32 Å². The summed E-state index contributed by atoms with van der Waals surface area (Å²) in [5.41, 5.74) is 0.633. The predicted molar refractivity (Wildman–Crippen MR) is 42.9 cm³/mol. The van der Waals surface area contributed by atoms with Crippen LogP contribution in [0.15, 0.2) is 0 Å². The summed E-state index contributed by atoms with van der Waals surface area (Å²) in [5, 5.41) is 3.57. The van der Waals surface area contributed by atoms with Gasteiger partial charge in [0.25, 0.3) is 0 Å². The molecule has 58 valence electrons. The van der Waals surface area contributed by atoms with Crippen molar-refractivity contribution in [3.8, 4) is 0 Å². The lowest BCUT2D eigenvalue weighted by molar-refractivity contribution is 0.259. The van der Waals surface area contributed by atoms with Crippen molar-refractivity contribution in [3.63, 3.8) is 0 Å². The minimum absolute atomic E-state index is 0.633. The summed E-state index contributed by atoms with van der Waals surface area (Å²) in [4.78, 5) is 0. The zero-order chi connectivity index (χ0) is 7.19. The average Bonchev–Trinajstić information content (AvgIpc) is 2.36. The Morgan fingerprint density at radius 2 is 2.10 bits per heavy atom. The molecule has 0 spiro atoms. The Hall–Kier alpha value is -0.0400. The molecule has 1 heterocycles. The molecule has 10 heavy (non-hydrogen) atoms. The lowest BCUT2D eigenvalue weighted by Crippen LogP contribution is -2.26. The van der Waals surface area contributed by atoms with Crippen molar-refractivity contribution in [2.24, 2.45) is 11.3 Å². The van der Waals surface area contributed by atoms with Crippen LogP contribution in [0.2, 0.25) is 0 Å². The molecule has 1 aliphatic heterocycles. The maximum absolute atomic E-state index is 3.57. The quantitative estimate of drug-likeness (QED) is 0.539. The Morgan fingerprint density at radius 1 is 1.30 bits per heavy atom. The highest BCUT2D eigenvalue weighted by Gasteiger charge is 2.43. The summed E-state index contributed by atoms with van der Waals surface area (Å²) in [6.07, 6.45) is 4.25. The van der Waals surface area contributed by atoms with Crippen molar-refractivity contribution in [3.05, 3.63) is 0 Å². The van der Waals surface area contributed by atoms with Gasteiger partial charge in [0.05, 0.1) is 0 Å². The van der Waals surface area contributed by atoms with Crippen molar-refractivity contribution in [2.45, 2.75) is 39.2 Å². The van der Waals surface area contributed by atoms with Crippen molar-refractivity contribution in [1.29, 1.82) is 0 Å². The zero-order valence-corrected chi connectivity index (χ0v) is 6.98. The molecule has 0 aromatic heterocycles. The maximum Gasteiger partial charge on any atom is 0.0101 e. The number of fused-ring (bicyclic) bond motifs is 1. The van der Waals surface area contributed by atoms with E-state index in [0.717, 1.165) is 12.0 Å². The van der Waals surface area contributed by atoms with Crippen LogP contribution in [0.4, 0.5) is 0 Å². The van der Waals surface area contributed by atoms with Gasteiger partial charge in [0, 0.05) is 6.04 Å². The normalized spacial score (nSPS) is 43.8. The molecule has 2 unspecified atom stereocenters. The third-order valence-corrected chi connectivity index (χ3v) is 3.45. The minimum atomic E-state index is 0.633. The third-order valence-electron chi connectivity index (χ3n) is 3.45. The van der Waals surface area contributed by atoms with E-state index < -0.39 is 0 Å². The first-order valence-electron chi connectivity index (χ1n) is 4.43. The van der Waals surface area contributed by atoms with E-state index >= 15 is 0 Å². The van der Waals surface area contributed by atoms with Gasteiger partial charge >= 0.3 is 0 Å². The standard InChI is InChI=1S/C9H17N/c1-9(2)5-3-8-7(9)4-6-10-8/h7-8,10H,3-6H2,1-2H3. The van der Waals surface area contributed by atoms with Crippen molar-refractivity contribution in [1.82, 2.24) is 5.32 Å². The van der Waals surface area contributed by atoms with Gasteiger partial charge in [-0.25, -0.2) is 0 Å². The molecule has 1 nitrogen and oxygen atoms in total. The van der Waals surface area contributed by atoms with Crippen LogP contribution in [0.3, 0.4) is 0 Å². The lowest BCUT2D eigenvalue weighted by atomic mass is 9.80. The van der Waals surface area contributed by atoms with Gasteiger partial charge in [0.15, 0.2) is 0 Å². The van der Waals surface area contributed by atoms with Crippen LogP contribution >= 0.6 is 0 Å². The highest BCUT2D eigenvalue weighted by atomic mass is 15.0. The predicted octanol–water partition coefficient (Wildman–Crippen LogP) is 1.78. The molecule has 0 aromatic rings. The average molecular weight is 139 g/mol. The van der Waals surface area contributed by atoms with E-state index in [4.69, 9.17) is 0 Å². The number of hydrogen-bond acceptors (Lipinski definition) is 1. The van der Waals surface area contributed by atoms with Gasteiger partial charge in [-0.2, -0.15) is 0 Å². The fourth-order valence-electron chi connectivity index (χ4n) is 2.72. The molecule has 0 radical (unpaired) electrons. The van der Waals surface area contributed by atoms with Gasteiger partial charge in [-0.15, -0.1) is 0 Å². The van der Waals surface area contributed by atoms with Crippen LogP contribution in [-0.4, -0.2) is 12.6 Å². The minimum Gasteiger partial charge on any atom is -0.314 e. The Bertz CT molecular complexity index is 140. The van der Waals surface area contributed by atoms with E-state index in [2.05, 4.69) is 19.2 Å². The molecule has 1 N–H and O–H groups in total. The second-order valence-corrected chi connectivity index (χ2v) is 4.48. The molecule has 2 aliphatic rings. The topological polar surface area (TPSA) is 12.0 Å². The molecule has 2 atom stereocenters. The Kier molecular flexibility index (Phi) is 1.31. The SMILES string of the molecule is CC1(C)CCC2NCCC21. The van der Waals surface area contributed by atoms with Crippen molar-refractivity contribution in [2.75, 3.05) is 6.54 Å². The third kappa shape index (κ3) is 0.800. The number of nitrogens with one attached hydrogen (secondary N) is 1. The first-order chi connectivity index (χ1) is 4.70. The van der Waals surface area contributed by atoms with Gasteiger partial charge in [0.2, 0.25) is 0 Å². The van der Waals surface area contributed by atoms with Gasteiger partial charge in [-0.05, 0) is 37.1 Å². The number of hydrogen-bond donors (Lipinski definition) is 1. The summed E-state index contributed by atoms with van der Waals surface area (Å²) >= 11 is 0. The van der Waals surface area contributed by atoms with Gasteiger partial charge in [-0.1, -0.05) is 13.8 Å². The van der Waals surface area contributed by atoms with E-state index in [0.29, 0.717) is 5.41 Å². The van der Waals surface area contributed by atoms with Crippen LogP contribution in [0.5, 0.6) is 0 Å². The van der Waals surface area contributed by atoms with Crippen molar-refractivity contribution < 1.29 is 0 Å². The molecule has 1 saturated carbocycles. The number of rotatable bonds is 0. The highest BCUT2D eigenvalue weighted by Crippen LogP contribution is 2.46. The van der Waals surface area contributed by atoms with E-state index in [-0.39, 0.29) is 0 Å². The smallest absolute Gasteiger partial charge is 0.0101 e. The van der Waals surface area contributed by atoms with Crippen LogP contribution in [0.1, 0.15) is 33.1 Å². The zero-order valence-electron chi connectivity index (χ0n) is 6.98. The van der Waals surface area contributed by atoms with Gasteiger partial charge in [0.1, 0.15) is 0 Å². The second-order valence-electron chi connectivity index (χ2n) is 4.48. The molecule has 0 amide bonds.